The number of alkyl halides is 1. The van der Waals surface area contributed by atoms with Crippen LogP contribution in [0.4, 0.5) is 0 Å². The van der Waals surface area contributed by atoms with Crippen LogP contribution in [0.2, 0.25) is 0 Å². The van der Waals surface area contributed by atoms with E-state index in [1.807, 2.05) is 20.8 Å². The Morgan fingerprint density at radius 3 is 1.44 bits per heavy atom. The summed E-state index contributed by atoms with van der Waals surface area (Å²) in [4.78, 5) is 0. The standard InChI is InChI=1S/C20H27BrO3Si/c1-4-22-25(23-5-2,24-6-3)16-18-9-13-20(14-10-18)19-11-7-17(15-21)8-12-19/h7-14H,4-6,15-16H2,1-3H3. The van der Waals surface area contributed by atoms with Crippen LogP contribution < -0.4 is 0 Å². The van der Waals surface area contributed by atoms with Crippen LogP contribution in [0.15, 0.2) is 48.5 Å². The van der Waals surface area contributed by atoms with Crippen LogP contribution in [0.25, 0.3) is 11.1 Å². The van der Waals surface area contributed by atoms with Gasteiger partial charge in [0.1, 0.15) is 0 Å². The summed E-state index contributed by atoms with van der Waals surface area (Å²) in [5.41, 5.74) is 4.89. The molecule has 0 aliphatic rings. The second-order valence-corrected chi connectivity index (χ2v) is 8.83. The molecule has 2 rings (SSSR count). The second kappa shape index (κ2) is 10.2. The number of hydrogen-bond donors (Lipinski definition) is 0. The summed E-state index contributed by atoms with van der Waals surface area (Å²) in [7, 11) is -2.65. The highest BCUT2D eigenvalue weighted by molar-refractivity contribution is 9.08. The van der Waals surface area contributed by atoms with Crippen LogP contribution in [0.1, 0.15) is 31.9 Å². The molecule has 0 spiro atoms. The maximum Gasteiger partial charge on any atom is 0.505 e. The molecule has 0 aliphatic carbocycles. The van der Waals surface area contributed by atoms with Gasteiger partial charge in [0.25, 0.3) is 0 Å². The van der Waals surface area contributed by atoms with Crippen LogP contribution >= 0.6 is 15.9 Å². The van der Waals surface area contributed by atoms with Gasteiger partial charge in [0.05, 0.1) is 0 Å². The highest BCUT2D eigenvalue weighted by Crippen LogP contribution is 2.23. The first-order valence-corrected chi connectivity index (χ1v) is 11.9. The third kappa shape index (κ3) is 5.76. The van der Waals surface area contributed by atoms with Crippen molar-refractivity contribution in [3.63, 3.8) is 0 Å². The normalized spacial score (nSPS) is 11.7. The Morgan fingerprint density at radius 1 is 0.680 bits per heavy atom. The first-order valence-electron chi connectivity index (χ1n) is 8.82. The molecule has 136 valence electrons. The lowest BCUT2D eigenvalue weighted by Crippen LogP contribution is -2.48. The molecule has 0 radical (unpaired) electrons. The smallest absolute Gasteiger partial charge is 0.374 e. The summed E-state index contributed by atoms with van der Waals surface area (Å²) in [6.07, 6.45) is 0. The third-order valence-corrected chi connectivity index (χ3v) is 7.58. The Morgan fingerprint density at radius 2 is 1.08 bits per heavy atom. The Balaban J connectivity index is 2.16. The van der Waals surface area contributed by atoms with Crippen LogP contribution in [0, 0.1) is 0 Å². The molecule has 0 N–H and O–H groups in total. The molecule has 0 saturated heterocycles. The fourth-order valence-electron chi connectivity index (χ4n) is 2.79. The van der Waals surface area contributed by atoms with Crippen LogP contribution in [-0.4, -0.2) is 28.6 Å². The summed E-state index contributed by atoms with van der Waals surface area (Å²) in [5.74, 6) is 0. The van der Waals surface area contributed by atoms with Crippen molar-refractivity contribution < 1.29 is 13.3 Å². The summed E-state index contributed by atoms with van der Waals surface area (Å²) in [5, 5.41) is 0.880. The molecule has 0 aromatic heterocycles. The first-order chi connectivity index (χ1) is 12.2. The van der Waals surface area contributed by atoms with Crippen molar-refractivity contribution in [2.24, 2.45) is 0 Å². The molecule has 2 aromatic rings. The number of benzene rings is 2. The van der Waals surface area contributed by atoms with E-state index >= 15 is 0 Å². The van der Waals surface area contributed by atoms with Crippen molar-refractivity contribution in [1.82, 2.24) is 0 Å². The van der Waals surface area contributed by atoms with E-state index in [9.17, 15) is 0 Å². The van der Waals surface area contributed by atoms with Crippen LogP contribution in [0.3, 0.4) is 0 Å². The lowest BCUT2D eigenvalue weighted by Gasteiger charge is -2.28. The van der Waals surface area contributed by atoms with E-state index in [4.69, 9.17) is 13.3 Å². The van der Waals surface area contributed by atoms with Crippen molar-refractivity contribution in [2.75, 3.05) is 19.8 Å². The number of halogens is 1. The van der Waals surface area contributed by atoms with Crippen LogP contribution in [-0.2, 0) is 24.7 Å². The fraction of sp³-hybridized carbons (Fsp3) is 0.400. The Kier molecular flexibility index (Phi) is 8.32. The van der Waals surface area contributed by atoms with Gasteiger partial charge in [0, 0.05) is 31.2 Å². The van der Waals surface area contributed by atoms with E-state index < -0.39 is 8.80 Å². The van der Waals surface area contributed by atoms with Gasteiger partial charge in [-0.15, -0.1) is 0 Å². The molecule has 3 nitrogen and oxygen atoms in total. The topological polar surface area (TPSA) is 27.7 Å². The summed E-state index contributed by atoms with van der Waals surface area (Å²) in [6.45, 7) is 7.76. The number of hydrogen-bond acceptors (Lipinski definition) is 3. The van der Waals surface area contributed by atoms with Crippen molar-refractivity contribution in [3.05, 3.63) is 59.7 Å². The molecule has 0 bridgehead atoms. The first kappa shape index (κ1) is 20.3. The molecule has 0 amide bonds. The molecule has 0 heterocycles. The average Bonchev–Trinajstić information content (AvgIpc) is 2.63. The minimum atomic E-state index is -2.65. The lowest BCUT2D eigenvalue weighted by molar-refractivity contribution is 0.0704. The fourth-order valence-corrected chi connectivity index (χ4v) is 5.77. The molecule has 5 heteroatoms. The van der Waals surface area contributed by atoms with E-state index in [-0.39, 0.29) is 0 Å². The summed E-state index contributed by atoms with van der Waals surface area (Å²) in [6, 6.07) is 17.9. The zero-order chi connectivity index (χ0) is 18.1. The molecular formula is C20H27BrO3Si. The summed E-state index contributed by atoms with van der Waals surface area (Å²) < 4.78 is 17.8. The summed E-state index contributed by atoms with van der Waals surface area (Å²) >= 11 is 3.48. The Hall–Kier alpha value is -0.983. The van der Waals surface area contributed by atoms with Gasteiger partial charge in [0.15, 0.2) is 0 Å². The van der Waals surface area contributed by atoms with E-state index in [1.165, 1.54) is 22.3 Å². The monoisotopic (exact) mass is 422 g/mol. The Labute approximate surface area is 160 Å². The Bertz CT molecular complexity index is 611. The van der Waals surface area contributed by atoms with Gasteiger partial charge < -0.3 is 13.3 Å². The van der Waals surface area contributed by atoms with Crippen molar-refractivity contribution >= 4 is 24.7 Å². The van der Waals surface area contributed by atoms with Gasteiger partial charge in [0.2, 0.25) is 0 Å². The minimum absolute atomic E-state index is 0.601. The van der Waals surface area contributed by atoms with Gasteiger partial charge in [-0.25, -0.2) is 0 Å². The van der Waals surface area contributed by atoms with Gasteiger partial charge in [-0.1, -0.05) is 64.5 Å². The highest BCUT2D eigenvalue weighted by Gasteiger charge is 2.40. The second-order valence-electron chi connectivity index (χ2n) is 5.69. The van der Waals surface area contributed by atoms with Crippen molar-refractivity contribution in [3.8, 4) is 11.1 Å². The van der Waals surface area contributed by atoms with Gasteiger partial charge in [-0.3, -0.25) is 0 Å². The van der Waals surface area contributed by atoms with E-state index in [2.05, 4.69) is 64.5 Å². The highest BCUT2D eigenvalue weighted by atomic mass is 79.9. The molecule has 2 aromatic carbocycles. The van der Waals surface area contributed by atoms with Crippen LogP contribution in [0.5, 0.6) is 0 Å². The predicted molar refractivity (Wildman–Crippen MR) is 109 cm³/mol. The van der Waals surface area contributed by atoms with E-state index in [0.717, 1.165) is 5.33 Å². The van der Waals surface area contributed by atoms with Gasteiger partial charge >= 0.3 is 8.80 Å². The SMILES string of the molecule is CCO[Si](Cc1ccc(-c2ccc(CBr)cc2)cc1)(OCC)OCC. The molecule has 25 heavy (non-hydrogen) atoms. The van der Waals surface area contributed by atoms with Crippen molar-refractivity contribution in [1.29, 1.82) is 0 Å². The zero-order valence-corrected chi connectivity index (χ0v) is 17.8. The lowest BCUT2D eigenvalue weighted by atomic mass is 10.0. The third-order valence-electron chi connectivity index (χ3n) is 3.91. The molecular weight excluding hydrogens is 396 g/mol. The van der Waals surface area contributed by atoms with Crippen molar-refractivity contribution in [2.45, 2.75) is 32.1 Å². The van der Waals surface area contributed by atoms with E-state index in [1.54, 1.807) is 0 Å². The maximum atomic E-state index is 5.94. The maximum absolute atomic E-state index is 5.94. The molecule has 0 unspecified atom stereocenters. The number of rotatable bonds is 10. The van der Waals surface area contributed by atoms with Gasteiger partial charge in [-0.05, 0) is 43.0 Å². The average molecular weight is 423 g/mol. The minimum Gasteiger partial charge on any atom is -0.374 e. The molecule has 0 fully saturated rings. The van der Waals surface area contributed by atoms with Gasteiger partial charge in [-0.2, -0.15) is 0 Å². The molecule has 0 atom stereocenters. The molecule has 0 saturated carbocycles. The molecule has 0 aliphatic heterocycles. The largest absolute Gasteiger partial charge is 0.505 e. The predicted octanol–water partition coefficient (Wildman–Crippen LogP) is 5.38. The van der Waals surface area contributed by atoms with E-state index in [0.29, 0.717) is 25.9 Å². The zero-order valence-electron chi connectivity index (χ0n) is 15.3. The quantitative estimate of drug-likeness (QED) is 0.379.